The van der Waals surface area contributed by atoms with Crippen LogP contribution in [0, 0.1) is 10.1 Å². The van der Waals surface area contributed by atoms with E-state index < -0.39 is 11.0 Å². The van der Waals surface area contributed by atoms with Crippen LogP contribution in [0.2, 0.25) is 0 Å². The summed E-state index contributed by atoms with van der Waals surface area (Å²) in [5.41, 5.74) is 0. The van der Waals surface area contributed by atoms with Crippen LogP contribution in [0.15, 0.2) is 11.3 Å². The smallest absolute Gasteiger partial charge is 0.430 e. The molecule has 0 unspecified atom stereocenters. The molecule has 2 saturated heterocycles. The van der Waals surface area contributed by atoms with Gasteiger partial charge in [-0.25, -0.2) is 14.3 Å². The zero-order chi connectivity index (χ0) is 17.1. The lowest BCUT2D eigenvalue weighted by Gasteiger charge is -2.27. The standard InChI is InChI=1S/C13H18N6O5.ClH/c1-16-11(14-7-12(16)19(21)22)6-15-18-9-10(24-13(18)20)8-17-2-4-23-5-3-17;/h6-7,10H,2-5,8-9H2,1H3;1H/b15-6+;/t10-;/m0./s1. The van der Waals surface area contributed by atoms with Crippen LogP contribution in [0.5, 0.6) is 0 Å². The lowest BCUT2D eigenvalue weighted by Crippen LogP contribution is -2.41. The molecular formula is C13H19ClN6O5. The highest BCUT2D eigenvalue weighted by Gasteiger charge is 2.33. The molecule has 0 aliphatic carbocycles. The maximum atomic E-state index is 11.9. The molecule has 3 rings (SSSR count). The number of hydrazone groups is 1. The van der Waals surface area contributed by atoms with E-state index in [-0.39, 0.29) is 30.2 Å². The second kappa shape index (κ2) is 8.23. The van der Waals surface area contributed by atoms with Crippen molar-refractivity contribution in [1.29, 1.82) is 0 Å². The number of rotatable bonds is 5. The number of morpholine rings is 1. The number of carbonyl (C=O) groups is 1. The molecule has 0 radical (unpaired) electrons. The third-order valence-corrected chi connectivity index (χ3v) is 3.92. The molecule has 0 aromatic carbocycles. The summed E-state index contributed by atoms with van der Waals surface area (Å²) < 4.78 is 11.9. The van der Waals surface area contributed by atoms with Crippen molar-refractivity contribution in [3.63, 3.8) is 0 Å². The van der Waals surface area contributed by atoms with Gasteiger partial charge in [0, 0.05) is 19.6 Å². The quantitative estimate of drug-likeness (QED) is 0.411. The molecule has 2 aliphatic heterocycles. The summed E-state index contributed by atoms with van der Waals surface area (Å²) in [5, 5.41) is 16.0. The molecule has 12 heteroatoms. The predicted octanol–water partition coefficient (Wildman–Crippen LogP) is 0.237. The second-order valence-corrected chi connectivity index (χ2v) is 5.54. The van der Waals surface area contributed by atoms with Gasteiger partial charge in [-0.2, -0.15) is 10.1 Å². The summed E-state index contributed by atoms with van der Waals surface area (Å²) in [6.07, 6.45) is 1.66. The number of halogens is 1. The second-order valence-electron chi connectivity index (χ2n) is 5.54. The zero-order valence-electron chi connectivity index (χ0n) is 13.6. The van der Waals surface area contributed by atoms with E-state index in [4.69, 9.17) is 9.47 Å². The van der Waals surface area contributed by atoms with Crippen molar-refractivity contribution in [2.24, 2.45) is 12.1 Å². The lowest BCUT2D eigenvalue weighted by atomic mass is 10.3. The molecule has 1 aromatic rings. The molecule has 1 amide bonds. The normalized spacial score (nSPS) is 21.4. The molecule has 2 fully saturated rings. The predicted molar refractivity (Wildman–Crippen MR) is 88.9 cm³/mol. The van der Waals surface area contributed by atoms with Crippen LogP contribution in [-0.2, 0) is 16.5 Å². The van der Waals surface area contributed by atoms with Gasteiger partial charge in [0.2, 0.25) is 5.82 Å². The summed E-state index contributed by atoms with van der Waals surface area (Å²) >= 11 is 0. The minimum atomic E-state index is -0.535. The first-order valence-corrected chi connectivity index (χ1v) is 7.53. The van der Waals surface area contributed by atoms with Crippen LogP contribution in [0.4, 0.5) is 10.6 Å². The van der Waals surface area contributed by atoms with Gasteiger partial charge in [0.05, 0.1) is 26.8 Å². The van der Waals surface area contributed by atoms with Crippen molar-refractivity contribution in [3.8, 4) is 0 Å². The average molecular weight is 375 g/mol. The van der Waals surface area contributed by atoms with E-state index in [0.717, 1.165) is 19.3 Å². The number of aromatic nitrogens is 2. The number of carbonyl (C=O) groups excluding carboxylic acids is 1. The lowest BCUT2D eigenvalue weighted by molar-refractivity contribution is -0.391. The van der Waals surface area contributed by atoms with Gasteiger partial charge in [-0.1, -0.05) is 0 Å². The number of imidazole rings is 1. The number of amides is 1. The summed E-state index contributed by atoms with van der Waals surface area (Å²) in [7, 11) is 1.51. The molecule has 1 atom stereocenters. The van der Waals surface area contributed by atoms with Gasteiger partial charge in [-0.15, -0.1) is 12.4 Å². The Kier molecular flexibility index (Phi) is 6.28. The first-order chi connectivity index (χ1) is 11.5. The van der Waals surface area contributed by atoms with E-state index >= 15 is 0 Å². The minimum absolute atomic E-state index is 0. The molecule has 25 heavy (non-hydrogen) atoms. The Balaban J connectivity index is 0.00000225. The number of cyclic esters (lactones) is 1. The zero-order valence-corrected chi connectivity index (χ0v) is 14.4. The Labute approximate surface area is 149 Å². The fourth-order valence-electron chi connectivity index (χ4n) is 2.59. The minimum Gasteiger partial charge on any atom is -0.441 e. The molecule has 0 spiro atoms. The van der Waals surface area contributed by atoms with E-state index in [1.54, 1.807) is 0 Å². The van der Waals surface area contributed by atoms with E-state index in [1.807, 2.05) is 0 Å². The topological polar surface area (TPSA) is 115 Å². The van der Waals surface area contributed by atoms with Gasteiger partial charge in [0.1, 0.15) is 18.5 Å². The molecule has 0 bridgehead atoms. The van der Waals surface area contributed by atoms with Crippen LogP contribution in [0.25, 0.3) is 0 Å². The average Bonchev–Trinajstić information content (AvgIpc) is 3.09. The third-order valence-electron chi connectivity index (χ3n) is 3.92. The largest absolute Gasteiger partial charge is 0.441 e. The van der Waals surface area contributed by atoms with E-state index in [0.29, 0.717) is 26.3 Å². The van der Waals surface area contributed by atoms with Gasteiger partial charge in [-0.3, -0.25) is 4.90 Å². The number of hydrogen-bond donors (Lipinski definition) is 0. The maximum absolute atomic E-state index is 11.9. The summed E-state index contributed by atoms with van der Waals surface area (Å²) in [5.74, 6) is 0.136. The Hall–Kier alpha value is -2.24. The van der Waals surface area contributed by atoms with E-state index in [9.17, 15) is 14.9 Å². The van der Waals surface area contributed by atoms with Gasteiger partial charge in [-0.05, 0) is 4.92 Å². The maximum Gasteiger partial charge on any atom is 0.430 e. The van der Waals surface area contributed by atoms with E-state index in [1.165, 1.54) is 22.8 Å². The van der Waals surface area contributed by atoms with Crippen molar-refractivity contribution in [2.45, 2.75) is 6.10 Å². The number of nitrogens with zero attached hydrogens (tertiary/aromatic N) is 6. The van der Waals surface area contributed by atoms with Crippen LogP contribution >= 0.6 is 12.4 Å². The summed E-state index contributed by atoms with van der Waals surface area (Å²) in [6, 6.07) is 0. The van der Waals surface area contributed by atoms with Crippen LogP contribution < -0.4 is 0 Å². The van der Waals surface area contributed by atoms with Crippen molar-refractivity contribution in [3.05, 3.63) is 22.1 Å². The molecule has 138 valence electrons. The SMILES string of the molecule is Cl.Cn1c([N+](=O)[O-])cnc1/C=N/N1C[C@H](CN2CCOCC2)OC1=O. The first kappa shape index (κ1) is 19.1. The fraction of sp³-hybridized carbons (Fsp3) is 0.615. The van der Waals surface area contributed by atoms with Gasteiger partial charge >= 0.3 is 11.9 Å². The number of hydrogen-bond acceptors (Lipinski definition) is 8. The summed E-state index contributed by atoms with van der Waals surface area (Å²) in [6.45, 7) is 3.96. The van der Waals surface area contributed by atoms with Crippen molar-refractivity contribution >= 4 is 30.5 Å². The van der Waals surface area contributed by atoms with Crippen molar-refractivity contribution < 1.29 is 19.2 Å². The van der Waals surface area contributed by atoms with E-state index in [2.05, 4.69) is 15.0 Å². The first-order valence-electron chi connectivity index (χ1n) is 7.53. The van der Waals surface area contributed by atoms with Crippen molar-refractivity contribution in [1.82, 2.24) is 19.5 Å². The molecule has 3 heterocycles. The number of ether oxygens (including phenoxy) is 2. The molecule has 0 N–H and O–H groups in total. The molecule has 2 aliphatic rings. The molecule has 1 aromatic heterocycles. The highest BCUT2D eigenvalue weighted by Crippen LogP contribution is 2.15. The van der Waals surface area contributed by atoms with Gasteiger partial charge in [0.15, 0.2) is 0 Å². The van der Waals surface area contributed by atoms with Crippen LogP contribution in [-0.4, -0.2) is 82.2 Å². The number of nitro groups is 1. The Morgan fingerprint density at radius 2 is 2.20 bits per heavy atom. The van der Waals surface area contributed by atoms with Crippen LogP contribution in [0.3, 0.4) is 0 Å². The Morgan fingerprint density at radius 1 is 1.48 bits per heavy atom. The van der Waals surface area contributed by atoms with Crippen molar-refractivity contribution in [2.75, 3.05) is 39.4 Å². The van der Waals surface area contributed by atoms with Crippen LogP contribution in [0.1, 0.15) is 5.82 Å². The molecule has 0 saturated carbocycles. The monoisotopic (exact) mass is 374 g/mol. The highest BCUT2D eigenvalue weighted by molar-refractivity contribution is 5.85. The fourth-order valence-corrected chi connectivity index (χ4v) is 2.59. The summed E-state index contributed by atoms with van der Waals surface area (Å²) in [4.78, 5) is 28.2. The highest BCUT2D eigenvalue weighted by atomic mass is 35.5. The van der Waals surface area contributed by atoms with Gasteiger partial charge in [0.25, 0.3) is 0 Å². The molecular weight excluding hydrogens is 356 g/mol. The van der Waals surface area contributed by atoms with Gasteiger partial charge < -0.3 is 19.6 Å². The Bertz CT molecular complexity index is 659. The molecule has 11 nitrogen and oxygen atoms in total. The Morgan fingerprint density at radius 3 is 2.84 bits per heavy atom. The third kappa shape index (κ3) is 4.44.